The van der Waals surface area contributed by atoms with Gasteiger partial charge in [-0.1, -0.05) is 46.3 Å². The molecule has 0 heterocycles. The molecule has 1 heteroatoms. The number of unbranched alkanes of at least 4 members (excludes halogenated alkanes) is 1. The molecule has 0 radical (unpaired) electrons. The number of Topliss-reactive ketones (excluding diaryl/α,β-unsaturated/α-hetero) is 1. The highest BCUT2D eigenvalue weighted by Gasteiger charge is 2.18. The Bertz CT molecular complexity index is 160. The molecule has 0 fully saturated rings. The number of allylic oxidation sites excluding steroid dienone is 2. The maximum Gasteiger partial charge on any atom is 0.141 e. The number of hydrogen-bond acceptors (Lipinski definition) is 1. The van der Waals surface area contributed by atoms with Crippen molar-refractivity contribution in [1.82, 2.24) is 0 Å². The van der Waals surface area contributed by atoms with Gasteiger partial charge in [0.15, 0.2) is 0 Å². The zero-order valence-corrected chi connectivity index (χ0v) is 8.68. The molecule has 0 aromatic carbocycles. The summed E-state index contributed by atoms with van der Waals surface area (Å²) in [7, 11) is 0. The molecule has 70 valence electrons. The van der Waals surface area contributed by atoms with Crippen LogP contribution in [0.2, 0.25) is 0 Å². The van der Waals surface area contributed by atoms with Crippen molar-refractivity contribution in [1.29, 1.82) is 0 Å². The predicted octanol–water partition coefficient (Wildman–Crippen LogP) is 3.35. The average molecular weight is 168 g/mol. The van der Waals surface area contributed by atoms with Crippen LogP contribution in [0.25, 0.3) is 0 Å². The highest BCUT2D eigenvalue weighted by molar-refractivity contribution is 5.84. The molecule has 0 unspecified atom stereocenters. The topological polar surface area (TPSA) is 17.1 Å². The Morgan fingerprint density at radius 3 is 2.25 bits per heavy atom. The molecule has 0 amide bonds. The Kier molecular flexibility index (Phi) is 4.87. The van der Waals surface area contributed by atoms with Crippen LogP contribution in [0.4, 0.5) is 0 Å². The summed E-state index contributed by atoms with van der Waals surface area (Å²) in [5.74, 6) is 0.315. The molecule has 0 N–H and O–H groups in total. The summed E-state index contributed by atoms with van der Waals surface area (Å²) < 4.78 is 0. The standard InChI is InChI=1S/C11H20O/c1-5-6-7-8-9-10(12)11(2,3)4/h7-8H,5-6,9H2,1-4H3. The van der Waals surface area contributed by atoms with Gasteiger partial charge >= 0.3 is 0 Å². The fourth-order valence-electron chi connectivity index (χ4n) is 0.781. The molecular weight excluding hydrogens is 148 g/mol. The van der Waals surface area contributed by atoms with E-state index < -0.39 is 0 Å². The number of rotatable bonds is 4. The molecule has 0 aliphatic rings. The molecule has 0 spiro atoms. The van der Waals surface area contributed by atoms with Gasteiger partial charge in [-0.25, -0.2) is 0 Å². The first-order valence-electron chi connectivity index (χ1n) is 4.66. The number of carbonyl (C=O) groups excluding carboxylic acids is 1. The lowest BCUT2D eigenvalue weighted by Crippen LogP contribution is -2.18. The van der Waals surface area contributed by atoms with Crippen molar-refractivity contribution in [3.63, 3.8) is 0 Å². The van der Waals surface area contributed by atoms with Crippen molar-refractivity contribution in [2.45, 2.75) is 47.0 Å². The second kappa shape index (κ2) is 5.13. The molecule has 0 saturated carbocycles. The van der Waals surface area contributed by atoms with Gasteiger partial charge in [0.1, 0.15) is 5.78 Å². The summed E-state index contributed by atoms with van der Waals surface area (Å²) in [5.41, 5.74) is -0.184. The van der Waals surface area contributed by atoms with Crippen molar-refractivity contribution in [3.05, 3.63) is 12.2 Å². The van der Waals surface area contributed by atoms with E-state index in [0.717, 1.165) is 12.8 Å². The Labute approximate surface area is 75.9 Å². The monoisotopic (exact) mass is 168 g/mol. The number of hydrogen-bond donors (Lipinski definition) is 0. The highest BCUT2D eigenvalue weighted by atomic mass is 16.1. The second-order valence-electron chi connectivity index (χ2n) is 4.14. The lowest BCUT2D eigenvalue weighted by atomic mass is 9.89. The summed E-state index contributed by atoms with van der Waals surface area (Å²) in [6, 6.07) is 0. The third kappa shape index (κ3) is 5.11. The summed E-state index contributed by atoms with van der Waals surface area (Å²) in [5, 5.41) is 0. The third-order valence-corrected chi connectivity index (χ3v) is 1.76. The van der Waals surface area contributed by atoms with Gasteiger partial charge in [-0.2, -0.15) is 0 Å². The van der Waals surface area contributed by atoms with Crippen molar-refractivity contribution < 1.29 is 4.79 Å². The van der Waals surface area contributed by atoms with Gasteiger partial charge in [0.05, 0.1) is 0 Å². The summed E-state index contributed by atoms with van der Waals surface area (Å²) >= 11 is 0. The largest absolute Gasteiger partial charge is 0.299 e. The smallest absolute Gasteiger partial charge is 0.141 e. The van der Waals surface area contributed by atoms with Crippen LogP contribution in [-0.2, 0) is 4.79 Å². The van der Waals surface area contributed by atoms with Crippen LogP contribution in [0.5, 0.6) is 0 Å². The van der Waals surface area contributed by atoms with Crippen molar-refractivity contribution in [2.75, 3.05) is 0 Å². The highest BCUT2D eigenvalue weighted by Crippen LogP contribution is 2.16. The lowest BCUT2D eigenvalue weighted by Gasteiger charge is -2.14. The van der Waals surface area contributed by atoms with Gasteiger partial charge in [0.25, 0.3) is 0 Å². The van der Waals surface area contributed by atoms with E-state index >= 15 is 0 Å². The molecule has 0 aliphatic carbocycles. The van der Waals surface area contributed by atoms with E-state index in [2.05, 4.69) is 13.0 Å². The summed E-state index contributed by atoms with van der Waals surface area (Å²) in [6.07, 6.45) is 6.89. The lowest BCUT2D eigenvalue weighted by molar-refractivity contribution is -0.125. The minimum atomic E-state index is -0.184. The molecule has 1 nitrogen and oxygen atoms in total. The van der Waals surface area contributed by atoms with Crippen LogP contribution >= 0.6 is 0 Å². The van der Waals surface area contributed by atoms with Crippen LogP contribution in [0, 0.1) is 5.41 Å². The van der Waals surface area contributed by atoms with E-state index in [9.17, 15) is 4.79 Å². The van der Waals surface area contributed by atoms with Crippen molar-refractivity contribution in [3.8, 4) is 0 Å². The molecule has 0 rings (SSSR count). The molecule has 0 aliphatic heterocycles. The molecule has 0 saturated heterocycles. The molecule has 0 bridgehead atoms. The Balaban J connectivity index is 3.72. The third-order valence-electron chi connectivity index (χ3n) is 1.76. The maximum atomic E-state index is 11.4. The average Bonchev–Trinajstić information content (AvgIpc) is 1.96. The molecule has 0 aromatic rings. The van der Waals surface area contributed by atoms with Gasteiger partial charge in [-0.15, -0.1) is 0 Å². The number of ketones is 1. The van der Waals surface area contributed by atoms with E-state index in [1.54, 1.807) is 0 Å². The van der Waals surface area contributed by atoms with Gasteiger partial charge in [0, 0.05) is 11.8 Å². The second-order valence-corrected chi connectivity index (χ2v) is 4.14. The van der Waals surface area contributed by atoms with Crippen LogP contribution in [0.15, 0.2) is 12.2 Å². The fourth-order valence-corrected chi connectivity index (χ4v) is 0.781. The van der Waals surface area contributed by atoms with Gasteiger partial charge in [0.2, 0.25) is 0 Å². The van der Waals surface area contributed by atoms with Gasteiger partial charge in [-0.05, 0) is 6.42 Å². The van der Waals surface area contributed by atoms with Crippen molar-refractivity contribution in [2.24, 2.45) is 5.41 Å². The molecule has 0 aromatic heterocycles. The Morgan fingerprint density at radius 2 is 1.83 bits per heavy atom. The van der Waals surface area contributed by atoms with Crippen LogP contribution in [0.1, 0.15) is 47.0 Å². The summed E-state index contributed by atoms with van der Waals surface area (Å²) in [6.45, 7) is 8.02. The summed E-state index contributed by atoms with van der Waals surface area (Å²) in [4.78, 5) is 11.4. The van der Waals surface area contributed by atoms with Crippen molar-refractivity contribution >= 4 is 5.78 Å². The maximum absolute atomic E-state index is 11.4. The quantitative estimate of drug-likeness (QED) is 0.588. The zero-order chi connectivity index (χ0) is 9.61. The predicted molar refractivity (Wildman–Crippen MR) is 53.1 cm³/mol. The van der Waals surface area contributed by atoms with E-state index in [-0.39, 0.29) is 5.41 Å². The van der Waals surface area contributed by atoms with E-state index in [4.69, 9.17) is 0 Å². The van der Waals surface area contributed by atoms with Crippen LogP contribution in [-0.4, -0.2) is 5.78 Å². The normalized spacial score (nSPS) is 12.3. The van der Waals surface area contributed by atoms with Crippen LogP contribution < -0.4 is 0 Å². The SMILES string of the molecule is CCCC=CCC(=O)C(C)(C)C. The van der Waals surface area contributed by atoms with Gasteiger partial charge < -0.3 is 0 Å². The van der Waals surface area contributed by atoms with Gasteiger partial charge in [-0.3, -0.25) is 4.79 Å². The van der Waals surface area contributed by atoms with E-state index in [1.165, 1.54) is 0 Å². The number of carbonyl (C=O) groups is 1. The first-order chi connectivity index (χ1) is 5.48. The molecular formula is C11H20O. The first kappa shape index (κ1) is 11.4. The van der Waals surface area contributed by atoms with Crippen LogP contribution in [0.3, 0.4) is 0 Å². The zero-order valence-electron chi connectivity index (χ0n) is 8.68. The van der Waals surface area contributed by atoms with E-state index in [1.807, 2.05) is 26.8 Å². The van der Waals surface area contributed by atoms with E-state index in [0.29, 0.717) is 12.2 Å². The minimum absolute atomic E-state index is 0.184. The fraction of sp³-hybridized carbons (Fsp3) is 0.727. The molecule has 0 atom stereocenters. The Morgan fingerprint density at radius 1 is 1.25 bits per heavy atom. The first-order valence-corrected chi connectivity index (χ1v) is 4.66. The molecule has 12 heavy (non-hydrogen) atoms. The Hall–Kier alpha value is -0.590. The minimum Gasteiger partial charge on any atom is -0.299 e.